The largest absolute Gasteiger partial charge is 0.396 e. The smallest absolute Gasteiger partial charge is 0.113 e. The second kappa shape index (κ2) is 12.5. The van der Waals surface area contributed by atoms with Crippen molar-refractivity contribution < 1.29 is 24.1 Å². The van der Waals surface area contributed by atoms with Gasteiger partial charge in [-0.1, -0.05) is 60.7 Å². The zero-order valence-electron chi connectivity index (χ0n) is 19.7. The van der Waals surface area contributed by atoms with Crippen LogP contribution in [0.5, 0.6) is 0 Å². The summed E-state index contributed by atoms with van der Waals surface area (Å²) in [5.41, 5.74) is 2.20. The van der Waals surface area contributed by atoms with Crippen molar-refractivity contribution in [3.05, 3.63) is 71.8 Å². The minimum atomic E-state index is -0.340. The van der Waals surface area contributed by atoms with Gasteiger partial charge in [0.25, 0.3) is 0 Å². The van der Waals surface area contributed by atoms with Gasteiger partial charge in [0.05, 0.1) is 37.6 Å². The summed E-state index contributed by atoms with van der Waals surface area (Å²) in [5, 5.41) is 10.2. The van der Waals surface area contributed by atoms with E-state index in [9.17, 15) is 5.11 Å². The van der Waals surface area contributed by atoms with E-state index in [1.807, 2.05) is 76.2 Å². The van der Waals surface area contributed by atoms with E-state index in [1.54, 1.807) is 0 Å². The van der Waals surface area contributed by atoms with Crippen molar-refractivity contribution in [1.29, 1.82) is 0 Å². The minimum absolute atomic E-state index is 0.00620. The summed E-state index contributed by atoms with van der Waals surface area (Å²) in [6.45, 7) is 9.05. The average molecular weight is 443 g/mol. The van der Waals surface area contributed by atoms with Crippen LogP contribution in [-0.2, 0) is 32.2 Å². The van der Waals surface area contributed by atoms with Crippen LogP contribution in [0.2, 0.25) is 0 Å². The second-order valence-electron chi connectivity index (χ2n) is 9.07. The van der Waals surface area contributed by atoms with Gasteiger partial charge in [-0.2, -0.15) is 0 Å². The number of benzene rings is 2. The molecule has 0 bridgehead atoms. The summed E-state index contributed by atoms with van der Waals surface area (Å²) in [6.07, 6.45) is -0.455. The van der Waals surface area contributed by atoms with E-state index in [-0.39, 0.29) is 49.1 Å². The number of rotatable bonds is 11. The molecule has 5 atom stereocenters. The molecule has 176 valence electrons. The Kier molecular flexibility index (Phi) is 9.69. The van der Waals surface area contributed by atoms with Crippen molar-refractivity contribution in [2.24, 2.45) is 5.92 Å². The van der Waals surface area contributed by atoms with Crippen molar-refractivity contribution in [2.75, 3.05) is 6.61 Å². The van der Waals surface area contributed by atoms with E-state index in [0.29, 0.717) is 19.6 Å². The molecular weight excluding hydrogens is 404 g/mol. The van der Waals surface area contributed by atoms with Gasteiger partial charge in [0.1, 0.15) is 12.2 Å². The van der Waals surface area contributed by atoms with Gasteiger partial charge in [-0.15, -0.1) is 0 Å². The maximum atomic E-state index is 10.2. The van der Waals surface area contributed by atoms with Gasteiger partial charge >= 0.3 is 0 Å². The topological polar surface area (TPSA) is 57.2 Å². The summed E-state index contributed by atoms with van der Waals surface area (Å²) in [5.74, 6) is -0.102. The molecule has 0 amide bonds. The Hall–Kier alpha value is -1.76. The van der Waals surface area contributed by atoms with Crippen LogP contribution < -0.4 is 0 Å². The summed E-state index contributed by atoms with van der Waals surface area (Å²) >= 11 is 0. The highest BCUT2D eigenvalue weighted by Gasteiger charge is 2.48. The molecular formula is C27H38O5. The van der Waals surface area contributed by atoms with Gasteiger partial charge in [0.2, 0.25) is 0 Å². The number of aliphatic hydroxyl groups excluding tert-OH is 1. The Morgan fingerprint density at radius 2 is 1.22 bits per heavy atom. The number of ether oxygens (including phenoxy) is 4. The third-order valence-corrected chi connectivity index (χ3v) is 5.70. The number of hydrogen-bond acceptors (Lipinski definition) is 5. The lowest BCUT2D eigenvalue weighted by Crippen LogP contribution is -2.59. The maximum Gasteiger partial charge on any atom is 0.113 e. The van der Waals surface area contributed by atoms with E-state index in [4.69, 9.17) is 18.9 Å². The van der Waals surface area contributed by atoms with Gasteiger partial charge in [-0.3, -0.25) is 0 Å². The summed E-state index contributed by atoms with van der Waals surface area (Å²) in [7, 11) is 0. The first-order valence-corrected chi connectivity index (χ1v) is 11.7. The normalized spacial score (nSPS) is 26.0. The van der Waals surface area contributed by atoms with Crippen LogP contribution in [0.3, 0.4) is 0 Å². The van der Waals surface area contributed by atoms with Crippen molar-refractivity contribution in [2.45, 2.75) is 84.0 Å². The molecule has 0 heterocycles. The molecule has 0 aromatic heterocycles. The van der Waals surface area contributed by atoms with Crippen LogP contribution in [0, 0.1) is 5.92 Å². The van der Waals surface area contributed by atoms with Crippen molar-refractivity contribution >= 4 is 0 Å². The molecule has 0 aliphatic heterocycles. The monoisotopic (exact) mass is 442 g/mol. The summed E-state index contributed by atoms with van der Waals surface area (Å²) in [4.78, 5) is 0. The van der Waals surface area contributed by atoms with Gasteiger partial charge in [-0.05, 0) is 45.2 Å². The van der Waals surface area contributed by atoms with E-state index in [2.05, 4.69) is 12.1 Å². The Bertz CT molecular complexity index is 764. The first-order valence-electron chi connectivity index (χ1n) is 11.7. The molecule has 5 heteroatoms. The van der Waals surface area contributed by atoms with Crippen LogP contribution >= 0.6 is 0 Å². The van der Waals surface area contributed by atoms with E-state index in [1.165, 1.54) is 0 Å². The Morgan fingerprint density at radius 3 is 1.72 bits per heavy atom. The summed E-state index contributed by atoms with van der Waals surface area (Å²) in [6, 6.07) is 20.2. The first-order chi connectivity index (χ1) is 15.5. The van der Waals surface area contributed by atoms with Crippen LogP contribution in [-0.4, -0.2) is 48.3 Å². The molecule has 1 aliphatic rings. The average Bonchev–Trinajstić information content (AvgIpc) is 2.79. The Balaban J connectivity index is 1.81. The molecule has 1 saturated carbocycles. The third-order valence-electron chi connectivity index (χ3n) is 5.70. The summed E-state index contributed by atoms with van der Waals surface area (Å²) < 4.78 is 25.5. The molecule has 3 rings (SSSR count). The lowest BCUT2D eigenvalue weighted by atomic mass is 9.80. The molecule has 0 saturated heterocycles. The fourth-order valence-corrected chi connectivity index (χ4v) is 4.30. The maximum absolute atomic E-state index is 10.2. The standard InChI is InChI=1S/C27H38O5/c1-19(2)31-26-24(29-17-21-11-7-5-8-12-21)15-23(16-28)25(27(26)32-20(3)4)30-18-22-13-9-6-10-14-22/h5-14,19-20,23-28H,15-18H2,1-4H3/t23-,24+,25+,26+,27+/m0/s1. The lowest BCUT2D eigenvalue weighted by molar-refractivity contribution is -0.242. The van der Waals surface area contributed by atoms with Gasteiger partial charge in [-0.25, -0.2) is 0 Å². The molecule has 1 aliphatic carbocycles. The molecule has 2 aromatic carbocycles. The van der Waals surface area contributed by atoms with E-state index in [0.717, 1.165) is 11.1 Å². The van der Waals surface area contributed by atoms with Gasteiger partial charge in [0, 0.05) is 12.5 Å². The zero-order valence-corrected chi connectivity index (χ0v) is 19.7. The SMILES string of the molecule is CC(C)O[C@@H]1[C@H](OCc2ccccc2)[C@H](CO)C[C@@H](OCc2ccccc2)[C@H]1OC(C)C. The molecule has 2 aromatic rings. The number of aliphatic hydroxyl groups is 1. The zero-order chi connectivity index (χ0) is 22.9. The fraction of sp³-hybridized carbons (Fsp3) is 0.556. The van der Waals surface area contributed by atoms with Crippen LogP contribution in [0.15, 0.2) is 60.7 Å². The molecule has 0 spiro atoms. The predicted octanol–water partition coefficient (Wildman–Crippen LogP) is 4.76. The fourth-order valence-electron chi connectivity index (χ4n) is 4.30. The predicted molar refractivity (Wildman–Crippen MR) is 125 cm³/mol. The minimum Gasteiger partial charge on any atom is -0.396 e. The van der Waals surface area contributed by atoms with E-state index >= 15 is 0 Å². The highest BCUT2D eigenvalue weighted by atomic mass is 16.6. The van der Waals surface area contributed by atoms with Crippen molar-refractivity contribution in [3.63, 3.8) is 0 Å². The van der Waals surface area contributed by atoms with Crippen LogP contribution in [0.25, 0.3) is 0 Å². The quantitative estimate of drug-likeness (QED) is 0.544. The van der Waals surface area contributed by atoms with Crippen molar-refractivity contribution in [1.82, 2.24) is 0 Å². The van der Waals surface area contributed by atoms with Crippen LogP contribution in [0.4, 0.5) is 0 Å². The third kappa shape index (κ3) is 7.12. The number of hydrogen-bond donors (Lipinski definition) is 1. The molecule has 0 radical (unpaired) electrons. The van der Waals surface area contributed by atoms with Gasteiger partial charge < -0.3 is 24.1 Å². The molecule has 0 unspecified atom stereocenters. The van der Waals surface area contributed by atoms with Gasteiger partial charge in [0.15, 0.2) is 0 Å². The first kappa shape index (κ1) is 24.9. The molecule has 1 N–H and O–H groups in total. The lowest BCUT2D eigenvalue weighted by Gasteiger charge is -2.46. The molecule has 32 heavy (non-hydrogen) atoms. The van der Waals surface area contributed by atoms with E-state index < -0.39 is 0 Å². The second-order valence-corrected chi connectivity index (χ2v) is 9.07. The van der Waals surface area contributed by atoms with Crippen LogP contribution in [0.1, 0.15) is 45.2 Å². The highest BCUT2D eigenvalue weighted by molar-refractivity contribution is 5.14. The molecule has 5 nitrogen and oxygen atoms in total. The highest BCUT2D eigenvalue weighted by Crippen LogP contribution is 2.35. The van der Waals surface area contributed by atoms with Crippen molar-refractivity contribution in [3.8, 4) is 0 Å². The molecule has 1 fully saturated rings. The Labute approximate surface area is 192 Å². The Morgan fingerprint density at radius 1 is 0.719 bits per heavy atom.